The maximum Gasteiger partial charge on any atom is 0.243 e. The van der Waals surface area contributed by atoms with Gasteiger partial charge in [0, 0.05) is 18.7 Å². The lowest BCUT2D eigenvalue weighted by molar-refractivity contribution is 0.101. The molecule has 0 atom stereocenters. The number of hydrogen-bond donors (Lipinski definition) is 0. The van der Waals surface area contributed by atoms with Crippen LogP contribution in [-0.4, -0.2) is 50.6 Å². The van der Waals surface area contributed by atoms with Gasteiger partial charge in [0.15, 0.2) is 5.78 Å². The van der Waals surface area contributed by atoms with Crippen molar-refractivity contribution in [2.75, 3.05) is 27.2 Å². The highest BCUT2D eigenvalue weighted by atomic mass is 35.5. The highest BCUT2D eigenvalue weighted by Gasteiger charge is 2.25. The lowest BCUT2D eigenvalue weighted by atomic mass is 10.2. The number of carbonyl (C=O) groups excluding carboxylic acids is 1. The second kappa shape index (κ2) is 9.85. The standard InChI is InChI=1S/C20H24Cl2N2O3S/c1-15(25)17-6-4-7-18(13-17)28(26,27)24(11-5-10-23(2)3)14-16-8-9-19(21)20(22)12-16/h4,6-9,12-13H,5,10-11,14H2,1-3H3. The molecule has 0 aliphatic rings. The third kappa shape index (κ3) is 6.03. The summed E-state index contributed by atoms with van der Waals surface area (Å²) >= 11 is 12.1. The molecule has 0 saturated heterocycles. The Morgan fingerprint density at radius 2 is 1.71 bits per heavy atom. The van der Waals surface area contributed by atoms with E-state index in [2.05, 4.69) is 0 Å². The van der Waals surface area contributed by atoms with Crippen molar-refractivity contribution in [3.05, 3.63) is 63.6 Å². The second-order valence-electron chi connectivity index (χ2n) is 6.83. The molecule has 8 heteroatoms. The van der Waals surface area contributed by atoms with Crippen molar-refractivity contribution in [3.63, 3.8) is 0 Å². The largest absolute Gasteiger partial charge is 0.309 e. The Balaban J connectivity index is 2.36. The summed E-state index contributed by atoms with van der Waals surface area (Å²) in [6.07, 6.45) is 0.667. The molecule has 2 rings (SSSR count). The van der Waals surface area contributed by atoms with Crippen molar-refractivity contribution >= 4 is 39.0 Å². The summed E-state index contributed by atoms with van der Waals surface area (Å²) in [5, 5.41) is 0.796. The first-order valence-electron chi connectivity index (χ1n) is 8.81. The van der Waals surface area contributed by atoms with Gasteiger partial charge in [-0.2, -0.15) is 4.31 Å². The normalized spacial score (nSPS) is 12.0. The lowest BCUT2D eigenvalue weighted by Crippen LogP contribution is -2.33. The van der Waals surface area contributed by atoms with Crippen LogP contribution in [0.4, 0.5) is 0 Å². The molecule has 2 aromatic carbocycles. The Kier molecular flexibility index (Phi) is 8.04. The van der Waals surface area contributed by atoms with Crippen molar-refractivity contribution in [2.45, 2.75) is 24.8 Å². The second-order valence-corrected chi connectivity index (χ2v) is 9.58. The number of rotatable bonds is 9. The van der Waals surface area contributed by atoms with E-state index in [4.69, 9.17) is 23.2 Å². The molecule has 0 N–H and O–H groups in total. The molecule has 0 radical (unpaired) electrons. The number of hydrogen-bond acceptors (Lipinski definition) is 4. The minimum Gasteiger partial charge on any atom is -0.309 e. The fourth-order valence-electron chi connectivity index (χ4n) is 2.71. The van der Waals surface area contributed by atoms with E-state index in [1.54, 1.807) is 30.3 Å². The SMILES string of the molecule is CC(=O)c1cccc(S(=O)(=O)N(CCCN(C)C)Cc2ccc(Cl)c(Cl)c2)c1. The van der Waals surface area contributed by atoms with Crippen LogP contribution in [0.1, 0.15) is 29.3 Å². The quantitative estimate of drug-likeness (QED) is 0.541. The maximum atomic E-state index is 13.3. The summed E-state index contributed by atoms with van der Waals surface area (Å²) in [7, 11) is 0.0876. The molecule has 0 spiro atoms. The first-order valence-corrected chi connectivity index (χ1v) is 11.0. The third-order valence-electron chi connectivity index (χ3n) is 4.23. The Labute approximate surface area is 176 Å². The summed E-state index contributed by atoms with van der Waals surface area (Å²) in [4.78, 5) is 13.8. The molecule has 0 unspecified atom stereocenters. The first kappa shape index (κ1) is 22.8. The van der Waals surface area contributed by atoms with Crippen LogP contribution in [0.15, 0.2) is 47.4 Å². The molecule has 2 aromatic rings. The van der Waals surface area contributed by atoms with E-state index in [0.717, 1.165) is 12.1 Å². The molecule has 28 heavy (non-hydrogen) atoms. The van der Waals surface area contributed by atoms with Gasteiger partial charge in [-0.25, -0.2) is 8.42 Å². The number of nitrogens with zero attached hydrogens (tertiary/aromatic N) is 2. The van der Waals surface area contributed by atoms with E-state index in [1.165, 1.54) is 23.4 Å². The van der Waals surface area contributed by atoms with Crippen LogP contribution < -0.4 is 0 Å². The zero-order valence-corrected chi connectivity index (χ0v) is 18.5. The fourth-order valence-corrected chi connectivity index (χ4v) is 4.55. The number of carbonyl (C=O) groups is 1. The van der Waals surface area contributed by atoms with Crippen LogP contribution in [-0.2, 0) is 16.6 Å². The summed E-state index contributed by atoms with van der Waals surface area (Å²) < 4.78 is 28.0. The minimum absolute atomic E-state index is 0.102. The third-order valence-corrected chi connectivity index (χ3v) is 6.81. The maximum absolute atomic E-state index is 13.3. The number of ketones is 1. The lowest BCUT2D eigenvalue weighted by Gasteiger charge is -2.23. The monoisotopic (exact) mass is 442 g/mol. The molecule has 0 amide bonds. The molecule has 0 aliphatic heterocycles. The minimum atomic E-state index is -3.79. The van der Waals surface area contributed by atoms with Gasteiger partial charge in [0.05, 0.1) is 14.9 Å². The van der Waals surface area contributed by atoms with Gasteiger partial charge in [-0.3, -0.25) is 4.79 Å². The van der Waals surface area contributed by atoms with Crippen LogP contribution in [0.2, 0.25) is 10.0 Å². The topological polar surface area (TPSA) is 57.7 Å². The van der Waals surface area contributed by atoms with Crippen LogP contribution in [0.3, 0.4) is 0 Å². The van der Waals surface area contributed by atoms with Crippen molar-refractivity contribution < 1.29 is 13.2 Å². The van der Waals surface area contributed by atoms with Gasteiger partial charge in [0.25, 0.3) is 0 Å². The molecule has 0 bridgehead atoms. The number of sulfonamides is 1. The van der Waals surface area contributed by atoms with Crippen molar-refractivity contribution in [2.24, 2.45) is 0 Å². The van der Waals surface area contributed by atoms with Gasteiger partial charge in [-0.15, -0.1) is 0 Å². The molecule has 0 saturated carbocycles. The highest BCUT2D eigenvalue weighted by Crippen LogP contribution is 2.25. The molecule has 152 valence electrons. The van der Waals surface area contributed by atoms with E-state index >= 15 is 0 Å². The molecule has 0 aliphatic carbocycles. The Bertz CT molecular complexity index is 946. The van der Waals surface area contributed by atoms with Crippen molar-refractivity contribution in [1.82, 2.24) is 9.21 Å². The van der Waals surface area contributed by atoms with Crippen molar-refractivity contribution in [3.8, 4) is 0 Å². The van der Waals surface area contributed by atoms with Gasteiger partial charge in [0.1, 0.15) is 0 Å². The molecule has 0 fully saturated rings. The van der Waals surface area contributed by atoms with E-state index in [0.29, 0.717) is 28.6 Å². The zero-order chi connectivity index (χ0) is 20.9. The zero-order valence-electron chi connectivity index (χ0n) is 16.2. The Morgan fingerprint density at radius 1 is 1.00 bits per heavy atom. The molecule has 0 heterocycles. The smallest absolute Gasteiger partial charge is 0.243 e. The average molecular weight is 443 g/mol. The van der Waals surface area contributed by atoms with Gasteiger partial charge >= 0.3 is 0 Å². The molecule has 0 aromatic heterocycles. The van der Waals surface area contributed by atoms with E-state index < -0.39 is 10.0 Å². The predicted octanol–water partition coefficient (Wildman–Crippen LogP) is 4.34. The average Bonchev–Trinajstić information content (AvgIpc) is 2.63. The summed E-state index contributed by atoms with van der Waals surface area (Å²) in [5.41, 5.74) is 1.11. The molecular formula is C20H24Cl2N2O3S. The number of halogens is 2. The van der Waals surface area contributed by atoms with Crippen LogP contribution in [0.5, 0.6) is 0 Å². The van der Waals surface area contributed by atoms with E-state index in [1.807, 2.05) is 19.0 Å². The van der Waals surface area contributed by atoms with Gasteiger partial charge < -0.3 is 4.90 Å². The first-order chi connectivity index (χ1) is 13.1. The van der Waals surface area contributed by atoms with E-state index in [-0.39, 0.29) is 17.2 Å². The Morgan fingerprint density at radius 3 is 2.32 bits per heavy atom. The van der Waals surface area contributed by atoms with Crippen LogP contribution >= 0.6 is 23.2 Å². The predicted molar refractivity (Wildman–Crippen MR) is 114 cm³/mol. The van der Waals surface area contributed by atoms with Gasteiger partial charge in [-0.05, 0) is 63.8 Å². The van der Waals surface area contributed by atoms with E-state index in [9.17, 15) is 13.2 Å². The summed E-state index contributed by atoms with van der Waals surface area (Å²) in [6, 6.07) is 11.2. The Hall–Kier alpha value is -1.44. The molecular weight excluding hydrogens is 419 g/mol. The number of Topliss-reactive ketones (excluding diaryl/α,β-unsaturated/α-hetero) is 1. The summed E-state index contributed by atoms with van der Waals surface area (Å²) in [6.45, 7) is 2.67. The molecule has 5 nitrogen and oxygen atoms in total. The van der Waals surface area contributed by atoms with Crippen LogP contribution in [0, 0.1) is 0 Å². The highest BCUT2D eigenvalue weighted by molar-refractivity contribution is 7.89. The van der Waals surface area contributed by atoms with Crippen molar-refractivity contribution in [1.29, 1.82) is 0 Å². The summed E-state index contributed by atoms with van der Waals surface area (Å²) in [5.74, 6) is -0.180. The van der Waals surface area contributed by atoms with Crippen LogP contribution in [0.25, 0.3) is 0 Å². The fraction of sp³-hybridized carbons (Fsp3) is 0.350. The van der Waals surface area contributed by atoms with Gasteiger partial charge in [0.2, 0.25) is 10.0 Å². The number of benzene rings is 2. The van der Waals surface area contributed by atoms with Gasteiger partial charge in [-0.1, -0.05) is 41.4 Å².